The van der Waals surface area contributed by atoms with Crippen molar-refractivity contribution in [3.63, 3.8) is 0 Å². The van der Waals surface area contributed by atoms with E-state index < -0.39 is 0 Å². The summed E-state index contributed by atoms with van der Waals surface area (Å²) in [6.07, 6.45) is 7.92. The molecule has 18 heavy (non-hydrogen) atoms. The van der Waals surface area contributed by atoms with E-state index in [0.717, 1.165) is 12.4 Å². The molecule has 0 spiro atoms. The second kappa shape index (κ2) is 5.72. The summed E-state index contributed by atoms with van der Waals surface area (Å²) in [5.74, 6) is 0.793. The van der Waals surface area contributed by atoms with E-state index >= 15 is 0 Å². The quantitative estimate of drug-likeness (QED) is 0.887. The molecular weight excluding hydrogens is 224 g/mol. The standard InChI is InChI=1S/C14H20N4/c1-2-18(13-6-4-3-5-7-13)14-11(9-15)8-12(16)10-17-14/h8,10,13H,2-7,16H2,1H3. The van der Waals surface area contributed by atoms with Gasteiger partial charge in [-0.05, 0) is 25.8 Å². The Kier molecular flexibility index (Phi) is 4.03. The van der Waals surface area contributed by atoms with Crippen LogP contribution in [0.15, 0.2) is 12.3 Å². The summed E-state index contributed by atoms with van der Waals surface area (Å²) in [5, 5.41) is 9.21. The van der Waals surface area contributed by atoms with Gasteiger partial charge in [0.2, 0.25) is 0 Å². The number of nitrogens with two attached hydrogens (primary N) is 1. The highest BCUT2D eigenvalue weighted by atomic mass is 15.2. The molecule has 0 radical (unpaired) electrons. The lowest BCUT2D eigenvalue weighted by atomic mass is 9.94. The second-order valence-electron chi connectivity index (χ2n) is 4.83. The molecule has 1 saturated carbocycles. The molecule has 1 aliphatic rings. The number of anilines is 2. The molecule has 0 bridgehead atoms. The Morgan fingerprint density at radius 2 is 2.17 bits per heavy atom. The number of aromatic nitrogens is 1. The van der Waals surface area contributed by atoms with Crippen LogP contribution in [0.1, 0.15) is 44.6 Å². The fourth-order valence-electron chi connectivity index (χ4n) is 2.76. The van der Waals surface area contributed by atoms with Gasteiger partial charge < -0.3 is 10.6 Å². The maximum absolute atomic E-state index is 9.21. The van der Waals surface area contributed by atoms with Gasteiger partial charge in [0.1, 0.15) is 11.9 Å². The molecule has 1 aromatic rings. The van der Waals surface area contributed by atoms with Gasteiger partial charge in [-0.2, -0.15) is 5.26 Å². The van der Waals surface area contributed by atoms with Gasteiger partial charge in [-0.25, -0.2) is 4.98 Å². The molecule has 1 heterocycles. The van der Waals surface area contributed by atoms with Crippen molar-refractivity contribution in [3.05, 3.63) is 17.8 Å². The molecule has 0 atom stereocenters. The van der Waals surface area contributed by atoms with E-state index in [2.05, 4.69) is 22.9 Å². The molecule has 4 heteroatoms. The molecule has 0 amide bonds. The van der Waals surface area contributed by atoms with Crippen LogP contribution in [0.5, 0.6) is 0 Å². The van der Waals surface area contributed by atoms with Gasteiger partial charge in [0.25, 0.3) is 0 Å². The van der Waals surface area contributed by atoms with Crippen molar-refractivity contribution < 1.29 is 0 Å². The fourth-order valence-corrected chi connectivity index (χ4v) is 2.76. The number of nitrogen functional groups attached to an aromatic ring is 1. The number of nitrogens with zero attached hydrogens (tertiary/aromatic N) is 3. The second-order valence-corrected chi connectivity index (χ2v) is 4.83. The van der Waals surface area contributed by atoms with E-state index in [9.17, 15) is 5.26 Å². The van der Waals surface area contributed by atoms with Crippen LogP contribution in [0.2, 0.25) is 0 Å². The summed E-state index contributed by atoms with van der Waals surface area (Å²) in [4.78, 5) is 6.63. The van der Waals surface area contributed by atoms with Gasteiger partial charge in [-0.15, -0.1) is 0 Å². The van der Waals surface area contributed by atoms with Crippen molar-refractivity contribution in [2.24, 2.45) is 0 Å². The number of nitriles is 1. The summed E-state index contributed by atoms with van der Waals surface area (Å²) >= 11 is 0. The molecule has 0 saturated heterocycles. The Morgan fingerprint density at radius 1 is 1.44 bits per heavy atom. The summed E-state index contributed by atoms with van der Waals surface area (Å²) in [6.45, 7) is 3.00. The zero-order valence-corrected chi connectivity index (χ0v) is 10.9. The average molecular weight is 244 g/mol. The van der Waals surface area contributed by atoms with Crippen molar-refractivity contribution in [2.45, 2.75) is 45.1 Å². The predicted molar refractivity (Wildman–Crippen MR) is 73.3 cm³/mol. The number of rotatable bonds is 3. The maximum atomic E-state index is 9.21. The minimum atomic E-state index is 0.520. The highest BCUT2D eigenvalue weighted by molar-refractivity contribution is 5.59. The summed E-state index contributed by atoms with van der Waals surface area (Å²) in [7, 11) is 0. The lowest BCUT2D eigenvalue weighted by molar-refractivity contribution is 0.416. The molecule has 0 aliphatic heterocycles. The molecular formula is C14H20N4. The van der Waals surface area contributed by atoms with Gasteiger partial charge in [0, 0.05) is 12.6 Å². The van der Waals surface area contributed by atoms with Crippen molar-refractivity contribution in [1.82, 2.24) is 4.98 Å². The lowest BCUT2D eigenvalue weighted by Gasteiger charge is -2.34. The van der Waals surface area contributed by atoms with Crippen LogP contribution in [0.3, 0.4) is 0 Å². The topological polar surface area (TPSA) is 65.9 Å². The average Bonchev–Trinajstić information content (AvgIpc) is 2.42. The van der Waals surface area contributed by atoms with Gasteiger partial charge in [0.15, 0.2) is 0 Å². The Hall–Kier alpha value is -1.76. The van der Waals surface area contributed by atoms with Crippen LogP contribution in [-0.4, -0.2) is 17.6 Å². The Balaban J connectivity index is 2.29. The third kappa shape index (κ3) is 2.56. The Bertz CT molecular complexity index is 444. The Morgan fingerprint density at radius 3 is 2.78 bits per heavy atom. The number of hydrogen-bond acceptors (Lipinski definition) is 4. The normalized spacial score (nSPS) is 16.2. The largest absolute Gasteiger partial charge is 0.397 e. The van der Waals surface area contributed by atoms with Crippen LogP contribution in [0.25, 0.3) is 0 Å². The molecule has 0 unspecified atom stereocenters. The third-order valence-corrected chi connectivity index (χ3v) is 3.64. The van der Waals surface area contributed by atoms with E-state index in [4.69, 9.17) is 5.73 Å². The molecule has 1 fully saturated rings. The third-order valence-electron chi connectivity index (χ3n) is 3.64. The fraction of sp³-hybridized carbons (Fsp3) is 0.571. The zero-order valence-electron chi connectivity index (χ0n) is 10.9. The van der Waals surface area contributed by atoms with E-state index in [1.165, 1.54) is 32.1 Å². The molecule has 0 aromatic carbocycles. The van der Waals surface area contributed by atoms with Gasteiger partial charge in [-0.3, -0.25) is 0 Å². The van der Waals surface area contributed by atoms with Crippen molar-refractivity contribution in [2.75, 3.05) is 17.2 Å². The minimum absolute atomic E-state index is 0.520. The first-order valence-electron chi connectivity index (χ1n) is 6.68. The van der Waals surface area contributed by atoms with Gasteiger partial charge >= 0.3 is 0 Å². The molecule has 2 N–H and O–H groups in total. The summed E-state index contributed by atoms with van der Waals surface area (Å²) in [5.41, 5.74) is 6.83. The molecule has 1 aliphatic carbocycles. The van der Waals surface area contributed by atoms with Crippen LogP contribution in [0, 0.1) is 11.3 Å². The van der Waals surface area contributed by atoms with Crippen LogP contribution in [0.4, 0.5) is 11.5 Å². The molecule has 4 nitrogen and oxygen atoms in total. The smallest absolute Gasteiger partial charge is 0.146 e. The maximum Gasteiger partial charge on any atom is 0.146 e. The Labute approximate surface area is 108 Å². The molecule has 2 rings (SSSR count). The van der Waals surface area contributed by atoms with E-state index in [1.54, 1.807) is 12.3 Å². The lowest BCUT2D eigenvalue weighted by Crippen LogP contribution is -2.37. The van der Waals surface area contributed by atoms with E-state index in [0.29, 0.717) is 17.3 Å². The number of hydrogen-bond donors (Lipinski definition) is 1. The van der Waals surface area contributed by atoms with Crippen LogP contribution in [-0.2, 0) is 0 Å². The van der Waals surface area contributed by atoms with Crippen molar-refractivity contribution in [3.8, 4) is 6.07 Å². The summed E-state index contributed by atoms with van der Waals surface area (Å²) < 4.78 is 0. The SMILES string of the molecule is CCN(c1ncc(N)cc1C#N)C1CCCCC1. The monoisotopic (exact) mass is 244 g/mol. The molecule has 1 aromatic heterocycles. The van der Waals surface area contributed by atoms with Crippen LogP contribution >= 0.6 is 0 Å². The highest BCUT2D eigenvalue weighted by Crippen LogP contribution is 2.28. The first kappa shape index (κ1) is 12.7. The van der Waals surface area contributed by atoms with Crippen molar-refractivity contribution >= 4 is 11.5 Å². The molecule has 96 valence electrons. The summed E-state index contributed by atoms with van der Waals surface area (Å²) in [6, 6.07) is 4.44. The predicted octanol–water partition coefficient (Wildman–Crippen LogP) is 2.69. The van der Waals surface area contributed by atoms with E-state index in [1.807, 2.05) is 0 Å². The highest BCUT2D eigenvalue weighted by Gasteiger charge is 2.23. The van der Waals surface area contributed by atoms with Gasteiger partial charge in [0.05, 0.1) is 17.4 Å². The van der Waals surface area contributed by atoms with E-state index in [-0.39, 0.29) is 0 Å². The van der Waals surface area contributed by atoms with Crippen LogP contribution < -0.4 is 10.6 Å². The van der Waals surface area contributed by atoms with Gasteiger partial charge in [-0.1, -0.05) is 19.3 Å². The first-order valence-corrected chi connectivity index (χ1v) is 6.68. The zero-order chi connectivity index (χ0) is 13.0. The minimum Gasteiger partial charge on any atom is -0.397 e. The van der Waals surface area contributed by atoms with Crippen molar-refractivity contribution in [1.29, 1.82) is 5.26 Å². The number of pyridine rings is 1. The first-order chi connectivity index (χ1) is 8.76.